The lowest BCUT2D eigenvalue weighted by Gasteiger charge is -2.20. The molecule has 0 amide bonds. The van der Waals surface area contributed by atoms with Crippen molar-refractivity contribution in [2.45, 2.75) is 31.2 Å². The normalized spacial score (nSPS) is 12.5. The summed E-state index contributed by atoms with van der Waals surface area (Å²) in [7, 11) is -2.79. The first-order valence-corrected chi connectivity index (χ1v) is 10.7. The number of hydrogen-bond acceptors (Lipinski definition) is 5. The van der Waals surface area contributed by atoms with Crippen LogP contribution in [0.1, 0.15) is 30.5 Å². The number of carbonyl (C=O) groups excluding carboxylic acids is 1. The number of carbonyl (C=O) groups is 1. The van der Waals surface area contributed by atoms with Gasteiger partial charge in [0.2, 0.25) is 10.0 Å². The molecule has 0 saturated carbocycles. The molecule has 2 aromatic rings. The molecule has 6 nitrogen and oxygen atoms in total. The first kappa shape index (κ1) is 22.5. The molecule has 152 valence electrons. The molecular weight excluding hydrogens is 425 g/mol. The average molecular weight is 446 g/mol. The molecule has 2 aromatic carbocycles. The molecule has 0 aliphatic rings. The zero-order valence-corrected chi connectivity index (χ0v) is 18.0. The standard InChI is InChI=1S/C19H21Cl2NO5S/c1-4-27-17(23)11-15(13-7-5-12(2)6-8-13)22-28(24,25)16-10-9-14(20)18(21)19(16)26-3/h5-10,15,22H,4,11H2,1-3H3/t15-/m0/s1. The summed E-state index contributed by atoms with van der Waals surface area (Å²) < 4.78 is 38.7. The zero-order chi connectivity index (χ0) is 20.9. The van der Waals surface area contributed by atoms with Crippen LogP contribution >= 0.6 is 23.2 Å². The minimum Gasteiger partial charge on any atom is -0.494 e. The molecule has 0 saturated heterocycles. The van der Waals surface area contributed by atoms with Crippen molar-refractivity contribution in [1.82, 2.24) is 4.72 Å². The number of esters is 1. The second-order valence-corrected chi connectivity index (χ2v) is 8.45. The number of rotatable bonds is 8. The van der Waals surface area contributed by atoms with E-state index in [1.54, 1.807) is 19.1 Å². The molecule has 1 N–H and O–H groups in total. The van der Waals surface area contributed by atoms with Gasteiger partial charge >= 0.3 is 5.97 Å². The third-order valence-electron chi connectivity index (χ3n) is 3.96. The molecule has 0 unspecified atom stereocenters. The van der Waals surface area contributed by atoms with Crippen LogP contribution in [0.5, 0.6) is 5.75 Å². The van der Waals surface area contributed by atoms with E-state index in [9.17, 15) is 13.2 Å². The number of sulfonamides is 1. The Balaban J connectivity index is 2.43. The van der Waals surface area contributed by atoms with E-state index < -0.39 is 22.0 Å². The summed E-state index contributed by atoms with van der Waals surface area (Å²) in [6.07, 6.45) is -0.167. The van der Waals surface area contributed by atoms with Gasteiger partial charge in [0.25, 0.3) is 0 Å². The highest BCUT2D eigenvalue weighted by molar-refractivity contribution is 7.89. The second-order valence-electron chi connectivity index (χ2n) is 5.99. The van der Waals surface area contributed by atoms with Gasteiger partial charge in [-0.15, -0.1) is 0 Å². The van der Waals surface area contributed by atoms with Crippen molar-refractivity contribution >= 4 is 39.2 Å². The predicted molar refractivity (Wildman–Crippen MR) is 109 cm³/mol. The molecule has 1 atom stereocenters. The maximum absolute atomic E-state index is 13.0. The van der Waals surface area contributed by atoms with Crippen LogP contribution in [0.4, 0.5) is 0 Å². The largest absolute Gasteiger partial charge is 0.494 e. The molecule has 0 bridgehead atoms. The molecule has 0 spiro atoms. The fraction of sp³-hybridized carbons (Fsp3) is 0.316. The van der Waals surface area contributed by atoms with Crippen molar-refractivity contribution in [3.8, 4) is 5.75 Å². The summed E-state index contributed by atoms with van der Waals surface area (Å²) in [6, 6.07) is 9.02. The van der Waals surface area contributed by atoms with Gasteiger partial charge in [-0.05, 0) is 31.5 Å². The molecule has 9 heteroatoms. The van der Waals surface area contributed by atoms with E-state index in [1.807, 2.05) is 19.1 Å². The Morgan fingerprint density at radius 2 is 1.79 bits per heavy atom. The Morgan fingerprint density at radius 3 is 2.36 bits per heavy atom. The van der Waals surface area contributed by atoms with Crippen molar-refractivity contribution < 1.29 is 22.7 Å². The number of ether oxygens (including phenoxy) is 2. The van der Waals surface area contributed by atoms with Gasteiger partial charge in [-0.2, -0.15) is 0 Å². The fourth-order valence-corrected chi connectivity index (χ4v) is 4.42. The molecule has 28 heavy (non-hydrogen) atoms. The highest BCUT2D eigenvalue weighted by Gasteiger charge is 2.28. The molecule has 0 aliphatic carbocycles. The summed E-state index contributed by atoms with van der Waals surface area (Å²) in [5.74, 6) is -0.586. The summed E-state index contributed by atoms with van der Waals surface area (Å²) in [5.41, 5.74) is 1.63. The molecule has 0 radical (unpaired) electrons. The highest BCUT2D eigenvalue weighted by atomic mass is 35.5. The number of halogens is 2. The van der Waals surface area contributed by atoms with Crippen LogP contribution < -0.4 is 9.46 Å². The van der Waals surface area contributed by atoms with Crippen LogP contribution in [0.25, 0.3) is 0 Å². The van der Waals surface area contributed by atoms with Gasteiger partial charge in [-0.3, -0.25) is 4.79 Å². The molecule has 0 aromatic heterocycles. The van der Waals surface area contributed by atoms with Crippen molar-refractivity contribution in [1.29, 1.82) is 0 Å². The van der Waals surface area contributed by atoms with Crippen molar-refractivity contribution in [3.05, 3.63) is 57.6 Å². The Labute approximate surface area is 174 Å². The van der Waals surface area contributed by atoms with Gasteiger partial charge in [0.05, 0.1) is 31.2 Å². The van der Waals surface area contributed by atoms with Crippen molar-refractivity contribution in [2.24, 2.45) is 0 Å². The van der Waals surface area contributed by atoms with Crippen LogP contribution in [-0.2, 0) is 19.6 Å². The van der Waals surface area contributed by atoms with E-state index in [-0.39, 0.29) is 33.7 Å². The van der Waals surface area contributed by atoms with E-state index in [2.05, 4.69) is 4.72 Å². The van der Waals surface area contributed by atoms with Crippen LogP contribution in [-0.4, -0.2) is 28.1 Å². The third-order valence-corrected chi connectivity index (χ3v) is 6.24. The van der Waals surface area contributed by atoms with E-state index in [1.165, 1.54) is 19.2 Å². The van der Waals surface area contributed by atoms with Crippen molar-refractivity contribution in [3.63, 3.8) is 0 Å². The lowest BCUT2D eigenvalue weighted by atomic mass is 10.0. The molecule has 0 fully saturated rings. The molecule has 2 rings (SSSR count). The van der Waals surface area contributed by atoms with E-state index in [0.29, 0.717) is 5.56 Å². The SMILES string of the molecule is CCOC(=O)C[C@H](NS(=O)(=O)c1ccc(Cl)c(Cl)c1OC)c1ccc(C)cc1. The Bertz CT molecular complexity index is 946. The molecule has 0 heterocycles. The Morgan fingerprint density at radius 1 is 1.14 bits per heavy atom. The van der Waals surface area contributed by atoms with Crippen LogP contribution in [0.15, 0.2) is 41.3 Å². The van der Waals surface area contributed by atoms with Gasteiger partial charge < -0.3 is 9.47 Å². The van der Waals surface area contributed by atoms with E-state index in [0.717, 1.165) is 5.56 Å². The Hall–Kier alpha value is -1.80. The minimum atomic E-state index is -4.09. The highest BCUT2D eigenvalue weighted by Crippen LogP contribution is 2.37. The van der Waals surface area contributed by atoms with Crippen LogP contribution in [0.3, 0.4) is 0 Å². The molecular formula is C19H21Cl2NO5S. The van der Waals surface area contributed by atoms with Gasteiger partial charge in [0, 0.05) is 0 Å². The maximum Gasteiger partial charge on any atom is 0.307 e. The predicted octanol–water partition coefficient (Wildman–Crippen LogP) is 4.28. The van der Waals surface area contributed by atoms with Crippen molar-refractivity contribution in [2.75, 3.05) is 13.7 Å². The number of benzene rings is 2. The van der Waals surface area contributed by atoms with Crippen LogP contribution in [0.2, 0.25) is 10.0 Å². The topological polar surface area (TPSA) is 81.7 Å². The second kappa shape index (κ2) is 9.60. The fourth-order valence-electron chi connectivity index (χ4n) is 2.58. The summed E-state index contributed by atoms with van der Waals surface area (Å²) in [4.78, 5) is 11.8. The smallest absolute Gasteiger partial charge is 0.307 e. The number of hydrogen-bond donors (Lipinski definition) is 1. The first-order valence-electron chi connectivity index (χ1n) is 8.46. The average Bonchev–Trinajstić information content (AvgIpc) is 2.63. The number of nitrogens with one attached hydrogen (secondary N) is 1. The number of aryl methyl sites for hydroxylation is 1. The first-order chi connectivity index (χ1) is 13.2. The summed E-state index contributed by atoms with van der Waals surface area (Å²) in [5, 5.41) is 0.156. The zero-order valence-electron chi connectivity index (χ0n) is 15.7. The lowest BCUT2D eigenvalue weighted by molar-refractivity contribution is -0.143. The van der Waals surface area contributed by atoms with Gasteiger partial charge in [-0.1, -0.05) is 53.0 Å². The summed E-state index contributed by atoms with van der Waals surface area (Å²) in [6.45, 7) is 3.80. The van der Waals surface area contributed by atoms with E-state index >= 15 is 0 Å². The lowest BCUT2D eigenvalue weighted by Crippen LogP contribution is -2.31. The maximum atomic E-state index is 13.0. The third kappa shape index (κ3) is 5.38. The minimum absolute atomic E-state index is 0.00989. The van der Waals surface area contributed by atoms with Crippen LogP contribution in [0, 0.1) is 6.92 Å². The molecule has 0 aliphatic heterocycles. The van der Waals surface area contributed by atoms with Gasteiger partial charge in [0.1, 0.15) is 9.92 Å². The quantitative estimate of drug-likeness (QED) is 0.612. The summed E-state index contributed by atoms with van der Waals surface area (Å²) >= 11 is 12.0. The monoisotopic (exact) mass is 445 g/mol. The van der Waals surface area contributed by atoms with E-state index in [4.69, 9.17) is 32.7 Å². The van der Waals surface area contributed by atoms with Gasteiger partial charge in [-0.25, -0.2) is 13.1 Å². The number of methoxy groups -OCH3 is 1. The van der Waals surface area contributed by atoms with Gasteiger partial charge in [0.15, 0.2) is 5.75 Å². The Kier molecular flexibility index (Phi) is 7.71.